The number of carbonyl (C=O) groups excluding carboxylic acids is 1. The van der Waals surface area contributed by atoms with E-state index in [0.29, 0.717) is 25.5 Å². The summed E-state index contributed by atoms with van der Waals surface area (Å²) in [6.45, 7) is 5.19. The molecule has 2 aromatic carbocycles. The highest BCUT2D eigenvalue weighted by Crippen LogP contribution is 2.30. The molecule has 162 valence electrons. The highest BCUT2D eigenvalue weighted by molar-refractivity contribution is 5.92. The summed E-state index contributed by atoms with van der Waals surface area (Å²) in [4.78, 5) is 14.9. The van der Waals surface area contributed by atoms with Crippen molar-refractivity contribution < 1.29 is 23.8 Å². The predicted molar refractivity (Wildman–Crippen MR) is 117 cm³/mol. The molecule has 1 aliphatic heterocycles. The van der Waals surface area contributed by atoms with Gasteiger partial charge in [-0.1, -0.05) is 19.9 Å². The van der Waals surface area contributed by atoms with Crippen LogP contribution in [-0.4, -0.2) is 36.2 Å². The summed E-state index contributed by atoms with van der Waals surface area (Å²) in [6, 6.07) is 16.7. The summed E-state index contributed by atoms with van der Waals surface area (Å²) in [5.74, 6) is 2.32. The van der Waals surface area contributed by atoms with Gasteiger partial charge in [-0.3, -0.25) is 4.79 Å². The van der Waals surface area contributed by atoms with Crippen molar-refractivity contribution in [2.45, 2.75) is 26.5 Å². The predicted octanol–water partition coefficient (Wildman–Crippen LogP) is 4.68. The van der Waals surface area contributed by atoms with Crippen molar-refractivity contribution in [3.05, 3.63) is 71.5 Å². The summed E-state index contributed by atoms with van der Waals surface area (Å²) < 4.78 is 16.9. The van der Waals surface area contributed by atoms with E-state index in [1.54, 1.807) is 24.1 Å². The number of carbonyl (C=O) groups is 1. The second kappa shape index (κ2) is 8.86. The number of hydrogen-bond donors (Lipinski definition) is 1. The van der Waals surface area contributed by atoms with E-state index in [1.165, 1.54) is 0 Å². The number of ether oxygens (including phenoxy) is 2. The molecule has 0 spiro atoms. The van der Waals surface area contributed by atoms with Crippen molar-refractivity contribution in [1.29, 1.82) is 0 Å². The van der Waals surface area contributed by atoms with E-state index in [2.05, 4.69) is 0 Å². The Bertz CT molecular complexity index is 1050. The molecule has 1 atom stereocenters. The van der Waals surface area contributed by atoms with Gasteiger partial charge in [0.1, 0.15) is 23.9 Å². The molecule has 1 aliphatic rings. The van der Waals surface area contributed by atoms with Crippen molar-refractivity contribution in [1.82, 2.24) is 4.90 Å². The number of amides is 1. The Hall–Kier alpha value is -3.25. The Morgan fingerprint density at radius 3 is 2.58 bits per heavy atom. The third-order valence-electron chi connectivity index (χ3n) is 5.52. The summed E-state index contributed by atoms with van der Waals surface area (Å²) in [5, 5.41) is 10.4. The van der Waals surface area contributed by atoms with Crippen LogP contribution >= 0.6 is 0 Å². The standard InChI is InChI=1S/C25H27NO5/c1-16(2)24(27)18-6-9-21-19(14-18)15-26(12-13-30-21)25(28)23-11-10-22(31-23)17-4-7-20(29-3)8-5-17/h4-11,14,16,24,27H,12-13,15H2,1-3H3. The van der Waals surface area contributed by atoms with Gasteiger partial charge in [0.2, 0.25) is 0 Å². The van der Waals surface area contributed by atoms with E-state index >= 15 is 0 Å². The summed E-state index contributed by atoms with van der Waals surface area (Å²) in [6.07, 6.45) is -0.560. The molecule has 6 nitrogen and oxygen atoms in total. The van der Waals surface area contributed by atoms with Gasteiger partial charge < -0.3 is 23.9 Å². The van der Waals surface area contributed by atoms with Gasteiger partial charge in [-0.2, -0.15) is 0 Å². The quantitative estimate of drug-likeness (QED) is 0.648. The van der Waals surface area contributed by atoms with E-state index in [9.17, 15) is 9.90 Å². The molecule has 4 rings (SSSR count). The highest BCUT2D eigenvalue weighted by atomic mass is 16.5. The monoisotopic (exact) mass is 421 g/mol. The van der Waals surface area contributed by atoms with Gasteiger partial charge in [0.05, 0.1) is 19.8 Å². The number of furan rings is 1. The van der Waals surface area contributed by atoms with Crippen LogP contribution in [0.3, 0.4) is 0 Å². The fourth-order valence-electron chi connectivity index (χ4n) is 3.68. The molecular weight excluding hydrogens is 394 g/mol. The zero-order valence-electron chi connectivity index (χ0n) is 18.0. The largest absolute Gasteiger partial charge is 0.497 e. The van der Waals surface area contributed by atoms with E-state index in [4.69, 9.17) is 13.9 Å². The Kier molecular flexibility index (Phi) is 6.00. The molecule has 1 N–H and O–H groups in total. The maximum absolute atomic E-state index is 13.1. The third kappa shape index (κ3) is 4.44. The Balaban J connectivity index is 1.54. The van der Waals surface area contributed by atoms with Crippen LogP contribution in [0.15, 0.2) is 59.0 Å². The maximum atomic E-state index is 13.1. The molecule has 3 aromatic rings. The van der Waals surface area contributed by atoms with Crippen molar-refractivity contribution in [3.63, 3.8) is 0 Å². The average Bonchev–Trinajstić information content (AvgIpc) is 3.18. The minimum Gasteiger partial charge on any atom is -0.497 e. The topological polar surface area (TPSA) is 72.1 Å². The minimum absolute atomic E-state index is 0.0991. The summed E-state index contributed by atoms with van der Waals surface area (Å²) >= 11 is 0. The maximum Gasteiger partial charge on any atom is 0.290 e. The van der Waals surface area contributed by atoms with Crippen molar-refractivity contribution in [2.75, 3.05) is 20.3 Å². The molecule has 0 radical (unpaired) electrons. The average molecular weight is 421 g/mol. The Morgan fingerprint density at radius 2 is 1.87 bits per heavy atom. The van der Waals surface area contributed by atoms with Crippen LogP contribution in [0.5, 0.6) is 11.5 Å². The van der Waals surface area contributed by atoms with E-state index in [0.717, 1.165) is 28.2 Å². The van der Waals surface area contributed by atoms with Crippen LogP contribution in [0.4, 0.5) is 0 Å². The lowest BCUT2D eigenvalue weighted by Gasteiger charge is -2.20. The van der Waals surface area contributed by atoms with Gasteiger partial charge in [-0.15, -0.1) is 0 Å². The highest BCUT2D eigenvalue weighted by Gasteiger charge is 2.25. The first-order valence-corrected chi connectivity index (χ1v) is 10.4. The van der Waals surface area contributed by atoms with Gasteiger partial charge >= 0.3 is 0 Å². The van der Waals surface area contributed by atoms with Gasteiger partial charge in [0.25, 0.3) is 5.91 Å². The molecule has 0 saturated heterocycles. The van der Waals surface area contributed by atoms with Gasteiger partial charge in [0.15, 0.2) is 5.76 Å². The first kappa shape index (κ1) is 21.0. The Morgan fingerprint density at radius 1 is 1.10 bits per heavy atom. The molecule has 2 heterocycles. The van der Waals surface area contributed by atoms with Crippen molar-refractivity contribution in [3.8, 4) is 22.8 Å². The molecule has 0 bridgehead atoms. The van der Waals surface area contributed by atoms with Crippen molar-refractivity contribution in [2.24, 2.45) is 5.92 Å². The van der Waals surface area contributed by atoms with Crippen LogP contribution in [0, 0.1) is 5.92 Å². The van der Waals surface area contributed by atoms with Gasteiger partial charge in [-0.25, -0.2) is 0 Å². The number of hydrogen-bond acceptors (Lipinski definition) is 5. The molecule has 1 unspecified atom stereocenters. The first-order chi connectivity index (χ1) is 15.0. The number of methoxy groups -OCH3 is 1. The second-order valence-corrected chi connectivity index (χ2v) is 8.02. The molecule has 31 heavy (non-hydrogen) atoms. The SMILES string of the molecule is COc1ccc(-c2ccc(C(=O)N3CCOc4ccc(C(O)C(C)C)cc4C3)o2)cc1. The molecule has 1 aromatic heterocycles. The van der Waals surface area contributed by atoms with Crippen LogP contribution in [-0.2, 0) is 6.54 Å². The molecule has 0 aliphatic carbocycles. The number of fused-ring (bicyclic) bond motifs is 1. The lowest BCUT2D eigenvalue weighted by Crippen LogP contribution is -2.32. The number of nitrogens with zero attached hydrogens (tertiary/aromatic N) is 1. The Labute approximate surface area is 182 Å². The normalized spacial score (nSPS) is 14.5. The molecular formula is C25H27NO5. The number of aliphatic hydroxyl groups excluding tert-OH is 1. The van der Waals surface area contributed by atoms with Gasteiger partial charge in [-0.05, 0) is 60.0 Å². The van der Waals surface area contributed by atoms with Gasteiger partial charge in [0, 0.05) is 17.7 Å². The fourth-order valence-corrected chi connectivity index (χ4v) is 3.68. The van der Waals surface area contributed by atoms with E-state index in [1.807, 2.05) is 56.3 Å². The lowest BCUT2D eigenvalue weighted by atomic mass is 9.97. The number of rotatable bonds is 5. The molecule has 0 saturated carbocycles. The molecule has 1 amide bonds. The molecule has 6 heteroatoms. The summed E-state index contributed by atoms with van der Waals surface area (Å²) in [5.41, 5.74) is 2.58. The number of aliphatic hydroxyl groups is 1. The lowest BCUT2D eigenvalue weighted by molar-refractivity contribution is 0.0702. The van der Waals surface area contributed by atoms with Crippen LogP contribution in [0.25, 0.3) is 11.3 Å². The first-order valence-electron chi connectivity index (χ1n) is 10.4. The van der Waals surface area contributed by atoms with Crippen LogP contribution in [0.2, 0.25) is 0 Å². The zero-order chi connectivity index (χ0) is 22.0. The number of benzene rings is 2. The smallest absolute Gasteiger partial charge is 0.290 e. The summed E-state index contributed by atoms with van der Waals surface area (Å²) in [7, 11) is 1.62. The third-order valence-corrected chi connectivity index (χ3v) is 5.52. The second-order valence-electron chi connectivity index (χ2n) is 8.02. The fraction of sp³-hybridized carbons (Fsp3) is 0.320. The molecule has 0 fully saturated rings. The van der Waals surface area contributed by atoms with Crippen LogP contribution < -0.4 is 9.47 Å². The zero-order valence-corrected chi connectivity index (χ0v) is 18.0. The van der Waals surface area contributed by atoms with Crippen LogP contribution in [0.1, 0.15) is 41.6 Å². The van der Waals surface area contributed by atoms with E-state index in [-0.39, 0.29) is 17.6 Å². The minimum atomic E-state index is -0.560. The van der Waals surface area contributed by atoms with Crippen molar-refractivity contribution >= 4 is 5.91 Å². The van der Waals surface area contributed by atoms with E-state index < -0.39 is 6.10 Å².